The molecule has 1 amide bonds. The van der Waals surface area contributed by atoms with Crippen LogP contribution in [0.1, 0.15) is 76.4 Å². The van der Waals surface area contributed by atoms with E-state index in [-0.39, 0.29) is 5.91 Å². The Kier molecular flexibility index (Phi) is 8.79. The molecule has 0 radical (unpaired) electrons. The summed E-state index contributed by atoms with van der Waals surface area (Å²) in [5.41, 5.74) is 2.28. The number of amides is 1. The zero-order valence-electron chi connectivity index (χ0n) is 20.2. The summed E-state index contributed by atoms with van der Waals surface area (Å²) < 4.78 is 2.67. The summed E-state index contributed by atoms with van der Waals surface area (Å²) in [7, 11) is 0. The van der Waals surface area contributed by atoms with Crippen LogP contribution in [0.2, 0.25) is 0 Å². The number of fused-ring (bicyclic) bond motifs is 1. The second kappa shape index (κ2) is 11.3. The SMILES string of the molecule is CC(C)CCN(CCC(C)C)C(=O)c1ccc2nc(Br)c(C#CCN3CCCC3C)n2c1. The molecule has 0 aliphatic carbocycles. The maximum atomic E-state index is 13.4. The second-order valence-corrected chi connectivity index (χ2v) is 10.6. The fourth-order valence-electron chi connectivity index (χ4n) is 4.03. The predicted molar refractivity (Wildman–Crippen MR) is 135 cm³/mol. The van der Waals surface area contributed by atoms with Crippen LogP contribution >= 0.6 is 15.9 Å². The average molecular weight is 502 g/mol. The Morgan fingerprint density at radius 2 is 1.91 bits per heavy atom. The Hall–Kier alpha value is -1.84. The highest BCUT2D eigenvalue weighted by molar-refractivity contribution is 9.10. The van der Waals surface area contributed by atoms with Crippen molar-refractivity contribution in [2.75, 3.05) is 26.2 Å². The normalized spacial score (nSPS) is 16.7. The molecule has 1 fully saturated rings. The summed E-state index contributed by atoms with van der Waals surface area (Å²) in [6.45, 7) is 14.5. The third-order valence-corrected chi connectivity index (χ3v) is 6.80. The average Bonchev–Trinajstić information content (AvgIpc) is 3.29. The van der Waals surface area contributed by atoms with Gasteiger partial charge in [0.15, 0.2) is 0 Å². The Balaban J connectivity index is 1.83. The van der Waals surface area contributed by atoms with Gasteiger partial charge < -0.3 is 4.90 Å². The van der Waals surface area contributed by atoms with Gasteiger partial charge in [-0.1, -0.05) is 33.6 Å². The van der Waals surface area contributed by atoms with Gasteiger partial charge in [0.25, 0.3) is 5.91 Å². The molecule has 0 bridgehead atoms. The van der Waals surface area contributed by atoms with Crippen molar-refractivity contribution in [3.63, 3.8) is 0 Å². The van der Waals surface area contributed by atoms with Crippen molar-refractivity contribution < 1.29 is 4.79 Å². The Morgan fingerprint density at radius 3 is 2.50 bits per heavy atom. The number of likely N-dealkylation sites (tertiary alicyclic amines) is 1. The van der Waals surface area contributed by atoms with E-state index in [1.165, 1.54) is 12.8 Å². The number of nitrogens with zero attached hydrogens (tertiary/aromatic N) is 4. The standard InChI is InChI=1S/C26H37BrN4O/c1-19(2)12-16-30(17-13-20(3)4)26(32)22-10-11-24-28-25(27)23(31(24)18-22)9-7-15-29-14-6-8-21(29)5/h10-11,18-21H,6,8,12-17H2,1-5H3. The predicted octanol–water partition coefficient (Wildman–Crippen LogP) is 5.47. The minimum Gasteiger partial charge on any atom is -0.339 e. The van der Waals surface area contributed by atoms with E-state index in [1.54, 1.807) is 0 Å². The van der Waals surface area contributed by atoms with Crippen LogP contribution in [-0.4, -0.2) is 57.3 Å². The highest BCUT2D eigenvalue weighted by Gasteiger charge is 2.20. The quantitative estimate of drug-likeness (QED) is 0.451. The molecule has 6 heteroatoms. The lowest BCUT2D eigenvalue weighted by molar-refractivity contribution is 0.0740. The number of imidazole rings is 1. The van der Waals surface area contributed by atoms with Crippen LogP contribution in [0.3, 0.4) is 0 Å². The number of rotatable bonds is 8. The first kappa shape index (κ1) is 24.8. The highest BCUT2D eigenvalue weighted by atomic mass is 79.9. The molecule has 1 aliphatic rings. The number of pyridine rings is 1. The maximum absolute atomic E-state index is 13.4. The molecular formula is C26H37BrN4O. The summed E-state index contributed by atoms with van der Waals surface area (Å²) in [4.78, 5) is 22.4. The van der Waals surface area contributed by atoms with E-state index in [1.807, 2.05) is 27.6 Å². The summed E-state index contributed by atoms with van der Waals surface area (Å²) in [5, 5.41) is 0. The monoisotopic (exact) mass is 500 g/mol. The minimum absolute atomic E-state index is 0.0859. The van der Waals surface area contributed by atoms with E-state index in [0.717, 1.165) is 55.0 Å². The zero-order chi connectivity index (χ0) is 23.3. The molecule has 32 heavy (non-hydrogen) atoms. The first-order valence-electron chi connectivity index (χ1n) is 12.0. The van der Waals surface area contributed by atoms with Crippen molar-refractivity contribution in [2.45, 2.75) is 66.3 Å². The molecular weight excluding hydrogens is 464 g/mol. The van der Waals surface area contributed by atoms with Gasteiger partial charge in [-0.2, -0.15) is 0 Å². The van der Waals surface area contributed by atoms with Gasteiger partial charge >= 0.3 is 0 Å². The molecule has 5 nitrogen and oxygen atoms in total. The fraction of sp³-hybridized carbons (Fsp3) is 0.615. The van der Waals surface area contributed by atoms with Gasteiger partial charge in [-0.25, -0.2) is 4.98 Å². The summed E-state index contributed by atoms with van der Waals surface area (Å²) in [5.74, 6) is 7.83. The topological polar surface area (TPSA) is 40.9 Å². The number of carbonyl (C=O) groups excluding carboxylic acids is 1. The molecule has 1 saturated heterocycles. The number of hydrogen-bond acceptors (Lipinski definition) is 3. The zero-order valence-corrected chi connectivity index (χ0v) is 21.8. The Labute approximate surface area is 201 Å². The van der Waals surface area contributed by atoms with E-state index in [2.05, 4.69) is 72.3 Å². The molecule has 0 N–H and O–H groups in total. The van der Waals surface area contributed by atoms with Crippen molar-refractivity contribution in [2.24, 2.45) is 11.8 Å². The maximum Gasteiger partial charge on any atom is 0.255 e. The summed E-state index contributed by atoms with van der Waals surface area (Å²) in [6, 6.07) is 4.40. The molecule has 3 heterocycles. The first-order chi connectivity index (χ1) is 15.3. The van der Waals surface area contributed by atoms with Crippen LogP contribution in [0.25, 0.3) is 5.65 Å². The molecule has 2 aromatic rings. The lowest BCUT2D eigenvalue weighted by atomic mass is 10.1. The Morgan fingerprint density at radius 1 is 1.22 bits per heavy atom. The van der Waals surface area contributed by atoms with E-state index in [4.69, 9.17) is 0 Å². The third-order valence-electron chi connectivity index (χ3n) is 6.24. The van der Waals surface area contributed by atoms with E-state index in [0.29, 0.717) is 23.4 Å². The van der Waals surface area contributed by atoms with Gasteiger partial charge in [0.2, 0.25) is 0 Å². The fourth-order valence-corrected chi connectivity index (χ4v) is 4.50. The molecule has 3 rings (SSSR count). The van der Waals surface area contributed by atoms with Gasteiger partial charge in [-0.3, -0.25) is 14.1 Å². The lowest BCUT2D eigenvalue weighted by Crippen LogP contribution is -2.34. The smallest absolute Gasteiger partial charge is 0.255 e. The van der Waals surface area contributed by atoms with E-state index < -0.39 is 0 Å². The first-order valence-corrected chi connectivity index (χ1v) is 12.7. The molecule has 2 aromatic heterocycles. The number of hydrogen-bond donors (Lipinski definition) is 0. The number of halogens is 1. The molecule has 0 aromatic carbocycles. The van der Waals surface area contributed by atoms with Gasteiger partial charge in [-0.05, 0) is 85.0 Å². The molecule has 1 unspecified atom stereocenters. The van der Waals surface area contributed by atoms with Crippen LogP contribution in [0.15, 0.2) is 22.9 Å². The lowest BCUT2D eigenvalue weighted by Gasteiger charge is -2.24. The second-order valence-electron chi connectivity index (χ2n) is 9.82. The van der Waals surface area contributed by atoms with Crippen molar-refractivity contribution in [1.82, 2.24) is 19.2 Å². The minimum atomic E-state index is 0.0859. The van der Waals surface area contributed by atoms with Crippen molar-refractivity contribution in [3.05, 3.63) is 34.2 Å². The number of carbonyl (C=O) groups is 1. The molecule has 0 saturated carbocycles. The summed E-state index contributed by atoms with van der Waals surface area (Å²) in [6.07, 6.45) is 6.41. The van der Waals surface area contributed by atoms with Gasteiger partial charge in [0.05, 0.1) is 12.1 Å². The van der Waals surface area contributed by atoms with Gasteiger partial charge in [-0.15, -0.1) is 0 Å². The van der Waals surface area contributed by atoms with Crippen LogP contribution in [0, 0.1) is 23.7 Å². The van der Waals surface area contributed by atoms with Crippen LogP contribution in [0.4, 0.5) is 0 Å². The van der Waals surface area contributed by atoms with Gasteiger partial charge in [0, 0.05) is 25.3 Å². The van der Waals surface area contributed by atoms with E-state index in [9.17, 15) is 4.79 Å². The largest absolute Gasteiger partial charge is 0.339 e. The third kappa shape index (κ3) is 6.36. The molecule has 174 valence electrons. The number of aromatic nitrogens is 2. The van der Waals surface area contributed by atoms with E-state index >= 15 is 0 Å². The molecule has 0 spiro atoms. The molecule has 1 aliphatic heterocycles. The Bertz CT molecular complexity index is 973. The highest BCUT2D eigenvalue weighted by Crippen LogP contribution is 2.20. The molecule has 1 atom stereocenters. The van der Waals surface area contributed by atoms with Gasteiger partial charge in [0.1, 0.15) is 15.9 Å². The van der Waals surface area contributed by atoms with Crippen molar-refractivity contribution in [3.8, 4) is 11.8 Å². The van der Waals surface area contributed by atoms with Crippen molar-refractivity contribution in [1.29, 1.82) is 0 Å². The van der Waals surface area contributed by atoms with Crippen molar-refractivity contribution >= 4 is 27.5 Å². The van der Waals surface area contributed by atoms with Crippen LogP contribution in [0.5, 0.6) is 0 Å². The van der Waals surface area contributed by atoms with Crippen LogP contribution < -0.4 is 0 Å². The van der Waals surface area contributed by atoms with Crippen LogP contribution in [-0.2, 0) is 0 Å². The summed E-state index contributed by atoms with van der Waals surface area (Å²) >= 11 is 3.56.